The second kappa shape index (κ2) is 6.61. The van der Waals surface area contributed by atoms with Crippen LogP contribution in [0.15, 0.2) is 18.2 Å². The van der Waals surface area contributed by atoms with Crippen molar-refractivity contribution in [2.75, 3.05) is 34.0 Å². The summed E-state index contributed by atoms with van der Waals surface area (Å²) in [7, 11) is 3.16. The molecular formula is C18H25NO5. The van der Waals surface area contributed by atoms with Gasteiger partial charge in [-0.15, -0.1) is 0 Å². The van der Waals surface area contributed by atoms with E-state index < -0.39 is 6.10 Å². The third-order valence-corrected chi connectivity index (χ3v) is 5.06. The fourth-order valence-electron chi connectivity index (χ4n) is 3.29. The van der Waals surface area contributed by atoms with Crippen molar-refractivity contribution in [1.82, 2.24) is 4.90 Å². The Bertz CT molecular complexity index is 613. The summed E-state index contributed by atoms with van der Waals surface area (Å²) >= 11 is 0. The fourth-order valence-corrected chi connectivity index (χ4v) is 3.29. The lowest BCUT2D eigenvalue weighted by molar-refractivity contribution is -0.155. The number of rotatable bonds is 5. The number of carbonyl (C=O) groups is 1. The second-order valence-corrected chi connectivity index (χ2v) is 6.71. The maximum absolute atomic E-state index is 12.9. The summed E-state index contributed by atoms with van der Waals surface area (Å²) in [5.41, 5.74) is 0.621. The molecule has 1 heterocycles. The normalized spacial score (nSPS) is 25.2. The van der Waals surface area contributed by atoms with Crippen molar-refractivity contribution in [2.45, 2.75) is 31.9 Å². The molecule has 2 fully saturated rings. The molecule has 1 amide bonds. The van der Waals surface area contributed by atoms with Gasteiger partial charge in [0.25, 0.3) is 0 Å². The van der Waals surface area contributed by atoms with Crippen LogP contribution < -0.4 is 9.47 Å². The Balaban J connectivity index is 1.97. The minimum Gasteiger partial charge on any atom is -0.493 e. The van der Waals surface area contributed by atoms with Crippen LogP contribution in [0.4, 0.5) is 0 Å². The first kappa shape index (κ1) is 17.0. The molecule has 6 nitrogen and oxygen atoms in total. The van der Waals surface area contributed by atoms with Gasteiger partial charge in [-0.3, -0.25) is 4.79 Å². The summed E-state index contributed by atoms with van der Waals surface area (Å²) < 4.78 is 16.4. The van der Waals surface area contributed by atoms with Gasteiger partial charge in [0.1, 0.15) is 6.10 Å². The summed E-state index contributed by atoms with van der Waals surface area (Å²) in [5.74, 6) is 1.37. The number of aliphatic hydroxyl groups is 1. The van der Waals surface area contributed by atoms with E-state index >= 15 is 0 Å². The monoisotopic (exact) mass is 335 g/mol. The van der Waals surface area contributed by atoms with Gasteiger partial charge in [-0.1, -0.05) is 13.0 Å². The SMILES string of the molecule is COc1ccc([C@@H]2[C@@H](CO)OCCN2C(=O)C2(C)CC2)cc1OC. The van der Waals surface area contributed by atoms with Crippen LogP contribution in [0.1, 0.15) is 31.4 Å². The van der Waals surface area contributed by atoms with E-state index in [-0.39, 0.29) is 24.0 Å². The second-order valence-electron chi connectivity index (χ2n) is 6.71. The lowest BCUT2D eigenvalue weighted by atomic mass is 9.95. The molecule has 3 rings (SSSR count). The van der Waals surface area contributed by atoms with Gasteiger partial charge in [0.05, 0.1) is 33.5 Å². The van der Waals surface area contributed by atoms with Crippen molar-refractivity contribution < 1.29 is 24.1 Å². The predicted molar refractivity (Wildman–Crippen MR) is 88.2 cm³/mol. The molecule has 1 aromatic rings. The Morgan fingerprint density at radius 2 is 2.04 bits per heavy atom. The minimum atomic E-state index is -0.442. The van der Waals surface area contributed by atoms with Crippen LogP contribution in [0.25, 0.3) is 0 Å². The van der Waals surface area contributed by atoms with Gasteiger partial charge in [0.15, 0.2) is 11.5 Å². The highest BCUT2D eigenvalue weighted by Gasteiger charge is 2.50. The molecule has 0 aromatic heterocycles. The van der Waals surface area contributed by atoms with Gasteiger partial charge in [0, 0.05) is 12.0 Å². The summed E-state index contributed by atoms with van der Waals surface area (Å²) in [5, 5.41) is 9.75. The zero-order valence-electron chi connectivity index (χ0n) is 14.4. The topological polar surface area (TPSA) is 68.2 Å². The van der Waals surface area contributed by atoms with Crippen molar-refractivity contribution in [1.29, 1.82) is 0 Å². The first-order chi connectivity index (χ1) is 11.5. The molecule has 132 valence electrons. The number of aliphatic hydroxyl groups excluding tert-OH is 1. The van der Waals surface area contributed by atoms with E-state index in [2.05, 4.69) is 0 Å². The highest BCUT2D eigenvalue weighted by Crippen LogP contribution is 2.48. The van der Waals surface area contributed by atoms with E-state index in [9.17, 15) is 9.90 Å². The first-order valence-electron chi connectivity index (χ1n) is 8.29. The summed E-state index contributed by atoms with van der Waals surface area (Å²) in [6, 6.07) is 5.25. The molecule has 1 aliphatic carbocycles. The Hall–Kier alpha value is -1.79. The van der Waals surface area contributed by atoms with Gasteiger partial charge >= 0.3 is 0 Å². The van der Waals surface area contributed by atoms with Crippen LogP contribution in [0, 0.1) is 5.41 Å². The van der Waals surface area contributed by atoms with Gasteiger partial charge in [-0.05, 0) is 30.5 Å². The molecule has 24 heavy (non-hydrogen) atoms. The number of hydrogen-bond donors (Lipinski definition) is 1. The van der Waals surface area contributed by atoms with Crippen LogP contribution in [-0.4, -0.2) is 56.0 Å². The molecule has 0 unspecified atom stereocenters. The number of morpholine rings is 1. The molecule has 0 spiro atoms. The number of nitrogens with zero attached hydrogens (tertiary/aromatic N) is 1. The Morgan fingerprint density at radius 1 is 1.33 bits per heavy atom. The van der Waals surface area contributed by atoms with Crippen LogP contribution in [0.3, 0.4) is 0 Å². The Kier molecular flexibility index (Phi) is 4.69. The van der Waals surface area contributed by atoms with Crippen molar-refractivity contribution in [3.05, 3.63) is 23.8 Å². The van der Waals surface area contributed by atoms with Crippen molar-refractivity contribution in [3.8, 4) is 11.5 Å². The van der Waals surface area contributed by atoms with E-state index in [1.807, 2.05) is 30.0 Å². The molecule has 1 saturated heterocycles. The molecule has 1 N–H and O–H groups in total. The Morgan fingerprint density at radius 3 is 2.62 bits per heavy atom. The van der Waals surface area contributed by atoms with Gasteiger partial charge in [0.2, 0.25) is 5.91 Å². The largest absolute Gasteiger partial charge is 0.493 e. The number of ether oxygens (including phenoxy) is 3. The van der Waals surface area contributed by atoms with E-state index in [4.69, 9.17) is 14.2 Å². The maximum atomic E-state index is 12.9. The molecule has 1 aromatic carbocycles. The molecule has 2 aliphatic rings. The van der Waals surface area contributed by atoms with Gasteiger partial charge in [-0.25, -0.2) is 0 Å². The first-order valence-corrected chi connectivity index (χ1v) is 8.29. The quantitative estimate of drug-likeness (QED) is 0.888. The highest BCUT2D eigenvalue weighted by molar-refractivity contribution is 5.85. The number of methoxy groups -OCH3 is 2. The molecular weight excluding hydrogens is 310 g/mol. The lowest BCUT2D eigenvalue weighted by Gasteiger charge is -2.42. The van der Waals surface area contributed by atoms with E-state index in [0.717, 1.165) is 18.4 Å². The third kappa shape index (κ3) is 2.96. The number of carbonyl (C=O) groups excluding carboxylic acids is 1. The third-order valence-electron chi connectivity index (χ3n) is 5.06. The van der Waals surface area contributed by atoms with Gasteiger partial charge in [-0.2, -0.15) is 0 Å². The summed E-state index contributed by atoms with van der Waals surface area (Å²) in [6.07, 6.45) is 1.40. The standard InChI is InChI=1S/C18H25NO5/c1-18(6-7-18)17(21)19-8-9-24-15(11-20)16(19)12-4-5-13(22-2)14(10-12)23-3/h4-5,10,15-16,20H,6-9,11H2,1-3H3/t15-,16-/m1/s1. The summed E-state index contributed by atoms with van der Waals surface area (Å²) in [6.45, 7) is 2.84. The number of benzene rings is 1. The minimum absolute atomic E-state index is 0.139. The number of hydrogen-bond acceptors (Lipinski definition) is 5. The average Bonchev–Trinajstić information content (AvgIpc) is 3.38. The van der Waals surface area contributed by atoms with Crippen LogP contribution in [0.5, 0.6) is 11.5 Å². The maximum Gasteiger partial charge on any atom is 0.229 e. The van der Waals surface area contributed by atoms with E-state index in [0.29, 0.717) is 24.7 Å². The van der Waals surface area contributed by atoms with Crippen LogP contribution in [0.2, 0.25) is 0 Å². The Labute approximate surface area is 142 Å². The van der Waals surface area contributed by atoms with Crippen LogP contribution in [-0.2, 0) is 9.53 Å². The molecule has 0 bridgehead atoms. The van der Waals surface area contributed by atoms with E-state index in [1.165, 1.54) is 0 Å². The predicted octanol–water partition coefficient (Wildman–Crippen LogP) is 1.76. The zero-order valence-corrected chi connectivity index (χ0v) is 14.4. The number of amides is 1. The van der Waals surface area contributed by atoms with E-state index in [1.54, 1.807) is 14.2 Å². The van der Waals surface area contributed by atoms with Gasteiger partial charge < -0.3 is 24.2 Å². The molecule has 6 heteroatoms. The van der Waals surface area contributed by atoms with Crippen LogP contribution >= 0.6 is 0 Å². The summed E-state index contributed by atoms with van der Waals surface area (Å²) in [4.78, 5) is 14.8. The van der Waals surface area contributed by atoms with Crippen molar-refractivity contribution in [2.24, 2.45) is 5.41 Å². The average molecular weight is 335 g/mol. The fraction of sp³-hybridized carbons (Fsp3) is 0.611. The highest BCUT2D eigenvalue weighted by atomic mass is 16.5. The molecule has 1 aliphatic heterocycles. The zero-order chi connectivity index (χ0) is 17.3. The van der Waals surface area contributed by atoms with Crippen molar-refractivity contribution >= 4 is 5.91 Å². The smallest absolute Gasteiger partial charge is 0.229 e. The lowest BCUT2D eigenvalue weighted by Crippen LogP contribution is -2.51. The molecule has 1 saturated carbocycles. The van der Waals surface area contributed by atoms with Crippen molar-refractivity contribution in [3.63, 3.8) is 0 Å². The molecule has 2 atom stereocenters. The molecule has 0 radical (unpaired) electrons.